The SMILES string of the molecule is COc1cc(NC(=O)c2cccc(-c3cc(N4CCCC4)ncn3)c2)cc(OC)c1. The van der Waals surface area contributed by atoms with E-state index in [4.69, 9.17) is 9.47 Å². The number of aromatic nitrogens is 2. The number of methoxy groups -OCH3 is 2. The van der Waals surface area contributed by atoms with Gasteiger partial charge >= 0.3 is 0 Å². The molecular formula is C23H24N4O3. The quantitative estimate of drug-likeness (QED) is 0.669. The van der Waals surface area contributed by atoms with Gasteiger partial charge in [0.1, 0.15) is 23.6 Å². The number of rotatable bonds is 6. The Bertz CT molecular complexity index is 1030. The first kappa shape index (κ1) is 19.7. The molecular weight excluding hydrogens is 380 g/mol. The minimum atomic E-state index is -0.221. The van der Waals surface area contributed by atoms with E-state index in [1.807, 2.05) is 24.3 Å². The van der Waals surface area contributed by atoms with Crippen LogP contribution in [0.5, 0.6) is 11.5 Å². The molecule has 1 aliphatic heterocycles. The van der Waals surface area contributed by atoms with Crippen LogP contribution in [0.2, 0.25) is 0 Å². The van der Waals surface area contributed by atoms with Crippen molar-refractivity contribution in [2.45, 2.75) is 12.8 Å². The molecule has 1 aliphatic rings. The Labute approximate surface area is 175 Å². The summed E-state index contributed by atoms with van der Waals surface area (Å²) in [6.07, 6.45) is 3.95. The highest BCUT2D eigenvalue weighted by Gasteiger charge is 2.15. The van der Waals surface area contributed by atoms with Gasteiger partial charge in [-0.1, -0.05) is 12.1 Å². The van der Waals surface area contributed by atoms with Gasteiger partial charge in [-0.15, -0.1) is 0 Å². The van der Waals surface area contributed by atoms with Crippen molar-refractivity contribution in [3.05, 3.63) is 60.4 Å². The van der Waals surface area contributed by atoms with E-state index < -0.39 is 0 Å². The molecule has 0 spiro atoms. The fraction of sp³-hybridized carbons (Fsp3) is 0.261. The van der Waals surface area contributed by atoms with E-state index in [0.717, 1.165) is 30.2 Å². The normalized spacial score (nSPS) is 13.2. The number of nitrogens with zero attached hydrogens (tertiary/aromatic N) is 3. The number of benzene rings is 2. The Morgan fingerprint density at radius 2 is 1.70 bits per heavy atom. The van der Waals surface area contributed by atoms with Gasteiger partial charge in [0.25, 0.3) is 5.91 Å². The molecule has 3 aromatic rings. The number of ether oxygens (including phenoxy) is 2. The van der Waals surface area contributed by atoms with Crippen LogP contribution < -0.4 is 19.7 Å². The topological polar surface area (TPSA) is 76.6 Å². The van der Waals surface area contributed by atoms with E-state index >= 15 is 0 Å². The van der Waals surface area contributed by atoms with Crippen molar-refractivity contribution >= 4 is 17.4 Å². The van der Waals surface area contributed by atoms with Crippen molar-refractivity contribution in [1.82, 2.24) is 9.97 Å². The summed E-state index contributed by atoms with van der Waals surface area (Å²) < 4.78 is 10.5. The Balaban J connectivity index is 1.56. The molecule has 0 aliphatic carbocycles. The molecule has 30 heavy (non-hydrogen) atoms. The first-order valence-corrected chi connectivity index (χ1v) is 9.88. The van der Waals surface area contributed by atoms with Crippen molar-refractivity contribution in [1.29, 1.82) is 0 Å². The molecule has 0 saturated carbocycles. The highest BCUT2D eigenvalue weighted by Crippen LogP contribution is 2.27. The van der Waals surface area contributed by atoms with Gasteiger partial charge in [0, 0.05) is 54.2 Å². The number of carbonyl (C=O) groups excluding carboxylic acids is 1. The zero-order valence-corrected chi connectivity index (χ0v) is 17.1. The first-order valence-electron chi connectivity index (χ1n) is 9.88. The largest absolute Gasteiger partial charge is 0.497 e. The maximum Gasteiger partial charge on any atom is 0.255 e. The van der Waals surface area contributed by atoms with E-state index in [9.17, 15) is 4.79 Å². The van der Waals surface area contributed by atoms with E-state index in [1.54, 1.807) is 44.8 Å². The van der Waals surface area contributed by atoms with Gasteiger partial charge in [0.15, 0.2) is 0 Å². The van der Waals surface area contributed by atoms with Gasteiger partial charge in [0.2, 0.25) is 0 Å². The van der Waals surface area contributed by atoms with Gasteiger partial charge in [-0.25, -0.2) is 9.97 Å². The van der Waals surface area contributed by atoms with Crippen molar-refractivity contribution in [3.8, 4) is 22.8 Å². The smallest absolute Gasteiger partial charge is 0.255 e. The van der Waals surface area contributed by atoms with Gasteiger partial charge in [0.05, 0.1) is 19.9 Å². The summed E-state index contributed by atoms with van der Waals surface area (Å²) in [4.78, 5) is 23.9. The average Bonchev–Trinajstić information content (AvgIpc) is 3.34. The third-order valence-electron chi connectivity index (χ3n) is 5.11. The van der Waals surface area contributed by atoms with E-state index in [2.05, 4.69) is 20.2 Å². The lowest BCUT2D eigenvalue weighted by Crippen LogP contribution is -2.19. The first-order chi connectivity index (χ1) is 14.7. The highest BCUT2D eigenvalue weighted by atomic mass is 16.5. The van der Waals surface area contributed by atoms with Gasteiger partial charge < -0.3 is 19.7 Å². The molecule has 4 rings (SSSR count). The zero-order valence-electron chi connectivity index (χ0n) is 17.1. The van der Waals surface area contributed by atoms with Gasteiger partial charge in [-0.05, 0) is 25.0 Å². The second-order valence-electron chi connectivity index (χ2n) is 7.09. The standard InChI is InChI=1S/C23H24N4O3/c1-29-19-11-18(12-20(13-19)30-2)26-23(28)17-7-5-6-16(10-17)21-14-22(25-15-24-21)27-8-3-4-9-27/h5-7,10-15H,3-4,8-9H2,1-2H3,(H,26,28). The molecule has 1 aromatic heterocycles. The third-order valence-corrected chi connectivity index (χ3v) is 5.11. The van der Waals surface area contributed by atoms with Crippen molar-refractivity contribution in [2.24, 2.45) is 0 Å². The average molecular weight is 404 g/mol. The zero-order chi connectivity index (χ0) is 20.9. The fourth-order valence-electron chi connectivity index (χ4n) is 3.53. The molecule has 7 nitrogen and oxygen atoms in total. The molecule has 2 heterocycles. The number of amides is 1. The highest BCUT2D eigenvalue weighted by molar-refractivity contribution is 6.05. The Hall–Kier alpha value is -3.61. The monoisotopic (exact) mass is 404 g/mol. The molecule has 0 radical (unpaired) electrons. The predicted molar refractivity (Wildman–Crippen MR) is 116 cm³/mol. The molecule has 7 heteroatoms. The second kappa shape index (κ2) is 8.82. The van der Waals surface area contributed by atoms with Crippen LogP contribution in [-0.2, 0) is 0 Å². The lowest BCUT2D eigenvalue weighted by atomic mass is 10.1. The van der Waals surface area contributed by atoms with Crippen molar-refractivity contribution in [2.75, 3.05) is 37.5 Å². The summed E-state index contributed by atoms with van der Waals surface area (Å²) >= 11 is 0. The summed E-state index contributed by atoms with van der Waals surface area (Å²) in [5, 5.41) is 2.90. The lowest BCUT2D eigenvalue weighted by Gasteiger charge is -2.16. The third kappa shape index (κ3) is 4.35. The number of hydrogen-bond acceptors (Lipinski definition) is 6. The Morgan fingerprint density at radius 3 is 2.40 bits per heavy atom. The number of anilines is 2. The minimum Gasteiger partial charge on any atom is -0.497 e. The van der Waals surface area contributed by atoms with Crippen LogP contribution in [0.25, 0.3) is 11.3 Å². The van der Waals surface area contributed by atoms with E-state index in [0.29, 0.717) is 22.7 Å². The molecule has 1 amide bonds. The van der Waals surface area contributed by atoms with Crippen molar-refractivity contribution in [3.63, 3.8) is 0 Å². The van der Waals surface area contributed by atoms with Crippen LogP contribution in [0.4, 0.5) is 11.5 Å². The second-order valence-corrected chi connectivity index (χ2v) is 7.09. The van der Waals surface area contributed by atoms with Crippen LogP contribution in [0.1, 0.15) is 23.2 Å². The predicted octanol–water partition coefficient (Wildman–Crippen LogP) is 4.01. The lowest BCUT2D eigenvalue weighted by molar-refractivity contribution is 0.102. The number of carbonyl (C=O) groups is 1. The molecule has 1 fully saturated rings. The van der Waals surface area contributed by atoms with Crippen LogP contribution in [0, 0.1) is 0 Å². The molecule has 154 valence electrons. The fourth-order valence-corrected chi connectivity index (χ4v) is 3.53. The van der Waals surface area contributed by atoms with Crippen LogP contribution >= 0.6 is 0 Å². The molecule has 1 N–H and O–H groups in total. The maximum atomic E-state index is 12.8. The molecule has 1 saturated heterocycles. The summed E-state index contributed by atoms with van der Waals surface area (Å²) in [6.45, 7) is 2.03. The van der Waals surface area contributed by atoms with Gasteiger partial charge in [-0.3, -0.25) is 4.79 Å². The van der Waals surface area contributed by atoms with E-state index in [-0.39, 0.29) is 5.91 Å². The summed E-state index contributed by atoms with van der Waals surface area (Å²) in [6, 6.07) is 14.6. The molecule has 2 aromatic carbocycles. The van der Waals surface area contributed by atoms with Crippen LogP contribution in [-0.4, -0.2) is 43.2 Å². The summed E-state index contributed by atoms with van der Waals surface area (Å²) in [7, 11) is 3.14. The number of nitrogens with one attached hydrogen (secondary N) is 1. The molecule has 0 atom stereocenters. The minimum absolute atomic E-state index is 0.221. The summed E-state index contributed by atoms with van der Waals surface area (Å²) in [5.74, 6) is 1.92. The van der Waals surface area contributed by atoms with E-state index in [1.165, 1.54) is 12.8 Å². The van der Waals surface area contributed by atoms with Crippen LogP contribution in [0.3, 0.4) is 0 Å². The van der Waals surface area contributed by atoms with Crippen molar-refractivity contribution < 1.29 is 14.3 Å². The number of hydrogen-bond donors (Lipinski definition) is 1. The molecule has 0 bridgehead atoms. The molecule has 0 unspecified atom stereocenters. The Kier molecular flexibility index (Phi) is 5.79. The maximum absolute atomic E-state index is 12.8. The summed E-state index contributed by atoms with van der Waals surface area (Å²) in [5.41, 5.74) is 2.80. The van der Waals surface area contributed by atoms with Gasteiger partial charge in [-0.2, -0.15) is 0 Å². The Morgan fingerprint density at radius 1 is 0.967 bits per heavy atom. The van der Waals surface area contributed by atoms with Crippen LogP contribution in [0.15, 0.2) is 54.9 Å².